The third-order valence-corrected chi connectivity index (χ3v) is 4.20. The van der Waals surface area contributed by atoms with Crippen LogP contribution in [-0.2, 0) is 6.54 Å². The monoisotopic (exact) mass is 269 g/mol. The Labute approximate surface area is 121 Å². The van der Waals surface area contributed by atoms with Crippen molar-refractivity contribution < 1.29 is 0 Å². The zero-order valence-corrected chi connectivity index (χ0v) is 12.4. The zero-order valence-electron chi connectivity index (χ0n) is 12.4. The van der Waals surface area contributed by atoms with E-state index in [1.54, 1.807) is 0 Å². The van der Waals surface area contributed by atoms with Gasteiger partial charge in [0.15, 0.2) is 0 Å². The maximum atomic E-state index is 4.87. The Morgan fingerprint density at radius 3 is 2.95 bits per heavy atom. The molecule has 1 atom stereocenters. The van der Waals surface area contributed by atoms with Crippen molar-refractivity contribution in [1.82, 2.24) is 10.3 Å². The molecular formula is C17H23N3. The molecule has 1 aromatic carbocycles. The SMILES string of the molecule is CCNCc1cc(N2CCCC2C)nc2ccccc12. The van der Waals surface area contributed by atoms with Gasteiger partial charge in [-0.15, -0.1) is 0 Å². The van der Waals surface area contributed by atoms with E-state index in [1.165, 1.54) is 23.8 Å². The van der Waals surface area contributed by atoms with Crippen LogP contribution >= 0.6 is 0 Å². The lowest BCUT2D eigenvalue weighted by atomic mass is 10.1. The van der Waals surface area contributed by atoms with E-state index in [9.17, 15) is 0 Å². The Bertz CT molecular complexity index is 594. The van der Waals surface area contributed by atoms with Crippen molar-refractivity contribution >= 4 is 16.7 Å². The van der Waals surface area contributed by atoms with Gasteiger partial charge in [-0.3, -0.25) is 0 Å². The molecule has 2 heterocycles. The van der Waals surface area contributed by atoms with Crippen molar-refractivity contribution in [1.29, 1.82) is 0 Å². The van der Waals surface area contributed by atoms with Crippen LogP contribution in [0.2, 0.25) is 0 Å². The third-order valence-electron chi connectivity index (χ3n) is 4.20. The van der Waals surface area contributed by atoms with E-state index >= 15 is 0 Å². The molecule has 1 unspecified atom stereocenters. The summed E-state index contributed by atoms with van der Waals surface area (Å²) in [6, 6.07) is 11.3. The lowest BCUT2D eigenvalue weighted by Crippen LogP contribution is -2.27. The van der Waals surface area contributed by atoms with Gasteiger partial charge in [-0.2, -0.15) is 0 Å². The second kappa shape index (κ2) is 5.80. The van der Waals surface area contributed by atoms with Crippen LogP contribution in [0.15, 0.2) is 30.3 Å². The topological polar surface area (TPSA) is 28.2 Å². The number of fused-ring (bicyclic) bond motifs is 1. The van der Waals surface area contributed by atoms with Crippen LogP contribution in [0, 0.1) is 0 Å². The maximum absolute atomic E-state index is 4.87. The van der Waals surface area contributed by atoms with Crippen molar-refractivity contribution in [3.05, 3.63) is 35.9 Å². The van der Waals surface area contributed by atoms with E-state index in [0.29, 0.717) is 6.04 Å². The second-order valence-electron chi connectivity index (χ2n) is 5.62. The molecule has 0 spiro atoms. The molecule has 3 rings (SSSR count). The minimum absolute atomic E-state index is 0.607. The molecule has 1 aromatic heterocycles. The number of anilines is 1. The van der Waals surface area contributed by atoms with Crippen molar-refractivity contribution in [3.8, 4) is 0 Å². The van der Waals surface area contributed by atoms with E-state index in [1.807, 2.05) is 0 Å². The minimum Gasteiger partial charge on any atom is -0.354 e. The average Bonchev–Trinajstić information content (AvgIpc) is 2.90. The van der Waals surface area contributed by atoms with Crippen LogP contribution in [0.5, 0.6) is 0 Å². The van der Waals surface area contributed by atoms with E-state index in [2.05, 4.69) is 54.4 Å². The Balaban J connectivity index is 2.04. The predicted molar refractivity (Wildman–Crippen MR) is 85.2 cm³/mol. The predicted octanol–water partition coefficient (Wildman–Crippen LogP) is 3.33. The van der Waals surface area contributed by atoms with E-state index in [4.69, 9.17) is 4.98 Å². The van der Waals surface area contributed by atoms with Crippen molar-refractivity contribution in [2.24, 2.45) is 0 Å². The summed E-state index contributed by atoms with van der Waals surface area (Å²) in [6.45, 7) is 7.48. The number of nitrogens with zero attached hydrogens (tertiary/aromatic N) is 2. The number of pyridine rings is 1. The van der Waals surface area contributed by atoms with Crippen molar-refractivity contribution in [3.63, 3.8) is 0 Å². The molecule has 0 radical (unpaired) electrons. The maximum Gasteiger partial charge on any atom is 0.129 e. The standard InChI is InChI=1S/C17H23N3/c1-3-18-12-14-11-17(20-10-6-7-13(20)2)19-16-9-5-4-8-15(14)16/h4-5,8-9,11,13,18H,3,6-7,10,12H2,1-2H3. The van der Waals surface area contributed by atoms with Gasteiger partial charge in [-0.1, -0.05) is 25.1 Å². The number of benzene rings is 1. The van der Waals surface area contributed by atoms with Crippen LogP contribution in [0.3, 0.4) is 0 Å². The fraction of sp³-hybridized carbons (Fsp3) is 0.471. The highest BCUT2D eigenvalue weighted by Gasteiger charge is 2.22. The van der Waals surface area contributed by atoms with E-state index in [0.717, 1.165) is 31.0 Å². The van der Waals surface area contributed by atoms with Crippen LogP contribution in [0.25, 0.3) is 10.9 Å². The molecular weight excluding hydrogens is 246 g/mol. The van der Waals surface area contributed by atoms with Gasteiger partial charge in [0.25, 0.3) is 0 Å². The molecule has 0 aliphatic carbocycles. The Hall–Kier alpha value is -1.61. The Kier molecular flexibility index (Phi) is 3.88. The van der Waals surface area contributed by atoms with Gasteiger partial charge in [0.2, 0.25) is 0 Å². The number of hydrogen-bond donors (Lipinski definition) is 1. The molecule has 20 heavy (non-hydrogen) atoms. The number of rotatable bonds is 4. The molecule has 1 aliphatic heterocycles. The third kappa shape index (κ3) is 2.50. The van der Waals surface area contributed by atoms with Gasteiger partial charge < -0.3 is 10.2 Å². The first-order valence-corrected chi connectivity index (χ1v) is 7.65. The van der Waals surface area contributed by atoms with Gasteiger partial charge in [0.05, 0.1) is 5.52 Å². The number of nitrogens with one attached hydrogen (secondary N) is 1. The molecule has 0 amide bonds. The van der Waals surface area contributed by atoms with Crippen molar-refractivity contribution in [2.45, 2.75) is 39.3 Å². The van der Waals surface area contributed by atoms with Gasteiger partial charge >= 0.3 is 0 Å². The summed E-state index contributed by atoms with van der Waals surface area (Å²) in [7, 11) is 0. The minimum atomic E-state index is 0.607. The molecule has 1 fully saturated rings. The smallest absolute Gasteiger partial charge is 0.129 e. The molecule has 0 bridgehead atoms. The summed E-state index contributed by atoms with van der Waals surface area (Å²) in [5.74, 6) is 1.14. The molecule has 106 valence electrons. The highest BCUT2D eigenvalue weighted by Crippen LogP contribution is 2.28. The first-order valence-electron chi connectivity index (χ1n) is 7.65. The molecule has 1 aliphatic rings. The lowest BCUT2D eigenvalue weighted by molar-refractivity contribution is 0.718. The number of para-hydroxylation sites is 1. The Morgan fingerprint density at radius 1 is 1.35 bits per heavy atom. The van der Waals surface area contributed by atoms with Gasteiger partial charge in [0, 0.05) is 24.5 Å². The highest BCUT2D eigenvalue weighted by molar-refractivity contribution is 5.84. The first kappa shape index (κ1) is 13.4. The average molecular weight is 269 g/mol. The van der Waals surface area contributed by atoms with Gasteiger partial charge in [-0.05, 0) is 44.0 Å². The van der Waals surface area contributed by atoms with E-state index < -0.39 is 0 Å². The zero-order chi connectivity index (χ0) is 13.9. The largest absolute Gasteiger partial charge is 0.354 e. The highest BCUT2D eigenvalue weighted by atomic mass is 15.2. The lowest BCUT2D eigenvalue weighted by Gasteiger charge is -2.24. The molecule has 0 saturated carbocycles. The van der Waals surface area contributed by atoms with Gasteiger partial charge in [-0.25, -0.2) is 4.98 Å². The quantitative estimate of drug-likeness (QED) is 0.922. The molecule has 3 nitrogen and oxygen atoms in total. The van der Waals surface area contributed by atoms with Crippen LogP contribution in [0.4, 0.5) is 5.82 Å². The van der Waals surface area contributed by atoms with Gasteiger partial charge in [0.1, 0.15) is 5.82 Å². The summed E-state index contributed by atoms with van der Waals surface area (Å²) in [6.07, 6.45) is 2.55. The van der Waals surface area contributed by atoms with Crippen LogP contribution in [-0.4, -0.2) is 24.1 Å². The van der Waals surface area contributed by atoms with Crippen LogP contribution in [0.1, 0.15) is 32.3 Å². The fourth-order valence-corrected chi connectivity index (χ4v) is 3.06. The fourth-order valence-electron chi connectivity index (χ4n) is 3.06. The molecule has 1 saturated heterocycles. The van der Waals surface area contributed by atoms with Crippen molar-refractivity contribution in [2.75, 3.05) is 18.0 Å². The summed E-state index contributed by atoms with van der Waals surface area (Å²) in [4.78, 5) is 7.32. The second-order valence-corrected chi connectivity index (χ2v) is 5.62. The summed E-state index contributed by atoms with van der Waals surface area (Å²) >= 11 is 0. The van der Waals surface area contributed by atoms with E-state index in [-0.39, 0.29) is 0 Å². The summed E-state index contributed by atoms with van der Waals surface area (Å²) in [5.41, 5.74) is 2.46. The number of aromatic nitrogens is 1. The number of hydrogen-bond acceptors (Lipinski definition) is 3. The van der Waals surface area contributed by atoms with Crippen LogP contribution < -0.4 is 10.2 Å². The summed E-state index contributed by atoms with van der Waals surface area (Å²) in [5, 5.41) is 4.71. The summed E-state index contributed by atoms with van der Waals surface area (Å²) < 4.78 is 0. The normalized spacial score (nSPS) is 18.9. The molecule has 1 N–H and O–H groups in total. The Morgan fingerprint density at radius 2 is 2.20 bits per heavy atom. The molecule has 2 aromatic rings. The molecule has 3 heteroatoms. The first-order chi connectivity index (χ1) is 9.79.